The van der Waals surface area contributed by atoms with Gasteiger partial charge in [-0.1, -0.05) is 70.5 Å². The van der Waals surface area contributed by atoms with Gasteiger partial charge < -0.3 is 15.2 Å². The van der Waals surface area contributed by atoms with Gasteiger partial charge in [-0.25, -0.2) is 0 Å². The lowest BCUT2D eigenvalue weighted by molar-refractivity contribution is -0.143. The molecule has 0 saturated heterocycles. The monoisotopic (exact) mass is 473 g/mol. The first-order valence-corrected chi connectivity index (χ1v) is 12.5. The van der Waals surface area contributed by atoms with Gasteiger partial charge in [0.2, 0.25) is 0 Å². The average Bonchev–Trinajstić information content (AvgIpc) is 2.83. The fourth-order valence-corrected chi connectivity index (χ4v) is 4.41. The highest BCUT2D eigenvalue weighted by molar-refractivity contribution is 5.85. The van der Waals surface area contributed by atoms with E-state index in [4.69, 9.17) is 15.2 Å². The molecule has 1 unspecified atom stereocenters. The first kappa shape index (κ1) is 26.3. The number of carbonyl (C=O) groups excluding carboxylic acids is 1. The van der Waals surface area contributed by atoms with Crippen LogP contribution in [-0.2, 0) is 16.0 Å². The Bertz CT molecular complexity index is 1150. The topological polar surface area (TPSA) is 61.5 Å². The number of hydrogen-bond acceptors (Lipinski definition) is 4. The Hall–Kier alpha value is -3.27. The number of rotatable bonds is 9. The molecule has 0 aliphatic heterocycles. The molecule has 0 bridgehead atoms. The van der Waals surface area contributed by atoms with Gasteiger partial charge in [0.05, 0.1) is 18.7 Å². The van der Waals surface area contributed by atoms with E-state index in [-0.39, 0.29) is 11.4 Å². The zero-order chi connectivity index (χ0) is 25.6. The number of aryl methyl sites for hydroxylation is 2. The molecular formula is C31H39NO3. The molecule has 2 N–H and O–H groups in total. The van der Waals surface area contributed by atoms with Crippen molar-refractivity contribution in [2.75, 3.05) is 12.8 Å². The molecule has 35 heavy (non-hydrogen) atoms. The van der Waals surface area contributed by atoms with Crippen LogP contribution in [0.4, 0.5) is 5.69 Å². The van der Waals surface area contributed by atoms with Crippen LogP contribution in [0, 0.1) is 12.3 Å². The third-order valence-electron chi connectivity index (χ3n) is 6.29. The van der Waals surface area contributed by atoms with Gasteiger partial charge in [0.25, 0.3) is 0 Å². The predicted molar refractivity (Wildman–Crippen MR) is 145 cm³/mol. The smallest absolute Gasteiger partial charge is 0.313 e. The lowest BCUT2D eigenvalue weighted by Gasteiger charge is -2.27. The summed E-state index contributed by atoms with van der Waals surface area (Å²) >= 11 is 0. The molecule has 0 aliphatic rings. The lowest BCUT2D eigenvalue weighted by Crippen LogP contribution is -2.21. The molecule has 0 saturated carbocycles. The van der Waals surface area contributed by atoms with Crippen molar-refractivity contribution in [3.8, 4) is 22.6 Å². The van der Waals surface area contributed by atoms with Crippen molar-refractivity contribution in [3.63, 3.8) is 0 Å². The Labute approximate surface area is 210 Å². The molecule has 3 aromatic carbocycles. The molecule has 3 aromatic rings. The molecular weight excluding hydrogens is 434 g/mol. The number of unbranched alkanes of at least 4 members (excludes halogenated alkanes) is 1. The van der Waals surface area contributed by atoms with E-state index in [9.17, 15) is 4.79 Å². The summed E-state index contributed by atoms with van der Waals surface area (Å²) in [5.74, 6) is 0.591. The number of benzene rings is 3. The first-order chi connectivity index (χ1) is 16.6. The quantitative estimate of drug-likeness (QED) is 0.252. The summed E-state index contributed by atoms with van der Waals surface area (Å²) in [6.45, 7) is 10.8. The zero-order valence-electron chi connectivity index (χ0n) is 22.0. The zero-order valence-corrected chi connectivity index (χ0v) is 22.0. The highest BCUT2D eigenvalue weighted by Gasteiger charge is 2.30. The summed E-state index contributed by atoms with van der Waals surface area (Å²) in [7, 11) is 1.45. The van der Waals surface area contributed by atoms with Crippen LogP contribution in [-0.4, -0.2) is 13.1 Å². The van der Waals surface area contributed by atoms with Crippen LogP contribution in [0.5, 0.6) is 11.5 Å². The number of nitrogens with two attached hydrogens (primary N) is 1. The van der Waals surface area contributed by atoms with Crippen molar-refractivity contribution in [1.29, 1.82) is 0 Å². The average molecular weight is 474 g/mol. The molecule has 3 rings (SSSR count). The molecule has 0 amide bonds. The number of nitrogen functional groups attached to an aromatic ring is 1. The second-order valence-corrected chi connectivity index (χ2v) is 10.5. The minimum absolute atomic E-state index is 0.0797. The number of para-hydroxylation sites is 1. The van der Waals surface area contributed by atoms with E-state index in [1.54, 1.807) is 0 Å². The summed E-state index contributed by atoms with van der Waals surface area (Å²) in [5, 5.41) is 0. The Morgan fingerprint density at radius 2 is 1.74 bits per heavy atom. The predicted octanol–water partition coefficient (Wildman–Crippen LogP) is 8.07. The van der Waals surface area contributed by atoms with Gasteiger partial charge >= 0.3 is 5.97 Å². The Morgan fingerprint density at radius 3 is 2.37 bits per heavy atom. The van der Waals surface area contributed by atoms with Gasteiger partial charge in [0, 0.05) is 0 Å². The highest BCUT2D eigenvalue weighted by atomic mass is 16.5. The first-order valence-electron chi connectivity index (χ1n) is 12.5. The number of hydrogen-bond donors (Lipinski definition) is 1. The molecule has 0 fully saturated rings. The van der Waals surface area contributed by atoms with Crippen LogP contribution >= 0.6 is 0 Å². The second-order valence-electron chi connectivity index (χ2n) is 10.5. The van der Waals surface area contributed by atoms with Gasteiger partial charge in [-0.2, -0.15) is 0 Å². The van der Waals surface area contributed by atoms with Crippen LogP contribution < -0.4 is 10.5 Å². The van der Waals surface area contributed by atoms with E-state index in [2.05, 4.69) is 52.8 Å². The fraction of sp³-hybridized carbons (Fsp3) is 0.387. The normalized spacial score (nSPS) is 12.3. The number of ether oxygens (including phenoxy) is 2. The van der Waals surface area contributed by atoms with Gasteiger partial charge in [-0.05, 0) is 83.7 Å². The number of carbonyl (C=O) groups is 1. The van der Waals surface area contributed by atoms with Crippen molar-refractivity contribution < 1.29 is 14.3 Å². The fourth-order valence-electron chi connectivity index (χ4n) is 4.41. The molecule has 186 valence electrons. The van der Waals surface area contributed by atoms with Gasteiger partial charge in [-0.3, -0.25) is 4.79 Å². The van der Waals surface area contributed by atoms with Crippen molar-refractivity contribution in [2.24, 2.45) is 5.41 Å². The van der Waals surface area contributed by atoms with E-state index >= 15 is 0 Å². The maximum absolute atomic E-state index is 13.0. The minimum atomic E-state index is -0.441. The van der Waals surface area contributed by atoms with E-state index in [1.807, 2.05) is 42.5 Å². The van der Waals surface area contributed by atoms with E-state index in [0.29, 0.717) is 23.6 Å². The molecule has 1 atom stereocenters. The van der Waals surface area contributed by atoms with Crippen LogP contribution in [0.15, 0.2) is 60.7 Å². The minimum Gasteiger partial charge on any atom is -0.469 e. The van der Waals surface area contributed by atoms with Crippen LogP contribution in [0.1, 0.15) is 69.6 Å². The summed E-state index contributed by atoms with van der Waals surface area (Å²) in [6.07, 6.45) is 3.94. The summed E-state index contributed by atoms with van der Waals surface area (Å²) in [4.78, 5) is 13.0. The van der Waals surface area contributed by atoms with Crippen LogP contribution in [0.2, 0.25) is 0 Å². The molecule has 4 nitrogen and oxygen atoms in total. The van der Waals surface area contributed by atoms with Crippen LogP contribution in [0.25, 0.3) is 11.1 Å². The van der Waals surface area contributed by atoms with E-state index in [0.717, 1.165) is 36.0 Å². The molecule has 0 radical (unpaired) electrons. The highest BCUT2D eigenvalue weighted by Crippen LogP contribution is 2.42. The maximum Gasteiger partial charge on any atom is 0.313 e. The second kappa shape index (κ2) is 11.4. The molecule has 4 heteroatoms. The summed E-state index contributed by atoms with van der Waals surface area (Å²) in [6, 6.07) is 20.0. The summed E-state index contributed by atoms with van der Waals surface area (Å²) in [5.41, 5.74) is 12.4. The molecule has 0 heterocycles. The van der Waals surface area contributed by atoms with Gasteiger partial charge in [0.1, 0.15) is 5.75 Å². The number of esters is 1. The standard InChI is InChI=1S/C31H39NO3/c1-7-8-12-22-17-23(16-15-21(22)2)25-19-29(35-24-13-10-9-11-14-24)28(32)18-26(25)27(30(33)34-6)20-31(3,4)5/h9-11,13-19,27H,7-8,12,20,32H2,1-6H3. The van der Waals surface area contributed by atoms with Crippen molar-refractivity contribution in [3.05, 3.63) is 77.4 Å². The van der Waals surface area contributed by atoms with E-state index in [1.165, 1.54) is 18.2 Å². The Morgan fingerprint density at radius 1 is 1.03 bits per heavy atom. The molecule has 0 spiro atoms. The Balaban J connectivity index is 2.20. The Kier molecular flexibility index (Phi) is 8.61. The third-order valence-corrected chi connectivity index (χ3v) is 6.29. The van der Waals surface area contributed by atoms with Crippen molar-refractivity contribution in [2.45, 2.75) is 66.2 Å². The van der Waals surface area contributed by atoms with E-state index < -0.39 is 5.92 Å². The van der Waals surface area contributed by atoms with Crippen molar-refractivity contribution >= 4 is 11.7 Å². The molecule has 0 aromatic heterocycles. The SMILES string of the molecule is CCCCc1cc(-c2cc(Oc3ccccc3)c(N)cc2C(CC(C)(C)C)C(=O)OC)ccc1C. The maximum atomic E-state index is 13.0. The summed E-state index contributed by atoms with van der Waals surface area (Å²) < 4.78 is 11.4. The van der Waals surface area contributed by atoms with Gasteiger partial charge in [-0.15, -0.1) is 0 Å². The van der Waals surface area contributed by atoms with Crippen molar-refractivity contribution in [1.82, 2.24) is 0 Å². The third kappa shape index (κ3) is 6.88. The van der Waals surface area contributed by atoms with Gasteiger partial charge in [0.15, 0.2) is 5.75 Å². The molecule has 0 aliphatic carbocycles. The largest absolute Gasteiger partial charge is 0.469 e. The number of anilines is 1. The van der Waals surface area contributed by atoms with Crippen LogP contribution in [0.3, 0.4) is 0 Å². The number of methoxy groups -OCH3 is 1. The lowest BCUT2D eigenvalue weighted by atomic mass is 9.78.